The predicted octanol–water partition coefficient (Wildman–Crippen LogP) is 3.19. The average Bonchev–Trinajstić information content (AvgIpc) is 2.89. The van der Waals surface area contributed by atoms with E-state index in [2.05, 4.69) is 15.9 Å². The Balaban J connectivity index is 2.21. The quantitative estimate of drug-likeness (QED) is 0.785. The molecule has 17 heavy (non-hydrogen) atoms. The van der Waals surface area contributed by atoms with Gasteiger partial charge in [0.1, 0.15) is 0 Å². The van der Waals surface area contributed by atoms with E-state index < -0.39 is 0 Å². The Hall–Kier alpha value is -0.510. The SMILES string of the molecule is CC(C)n1ccn(CC2(CBr)CCCC2)c1=O. The Morgan fingerprint density at radius 2 is 2.00 bits per heavy atom. The first-order valence-electron chi connectivity index (χ1n) is 6.41. The van der Waals surface area contributed by atoms with Gasteiger partial charge in [-0.2, -0.15) is 0 Å². The molecule has 0 spiro atoms. The molecule has 0 bridgehead atoms. The van der Waals surface area contributed by atoms with Crippen LogP contribution in [0.3, 0.4) is 0 Å². The molecular weight excluding hydrogens is 280 g/mol. The van der Waals surface area contributed by atoms with Gasteiger partial charge in [0.25, 0.3) is 0 Å². The maximum Gasteiger partial charge on any atom is 0.328 e. The third-order valence-corrected chi connectivity index (χ3v) is 5.07. The number of aromatic nitrogens is 2. The molecular formula is C13H21BrN2O. The van der Waals surface area contributed by atoms with Gasteiger partial charge in [-0.1, -0.05) is 28.8 Å². The summed E-state index contributed by atoms with van der Waals surface area (Å²) in [5, 5.41) is 0.999. The standard InChI is InChI=1S/C13H21BrN2O/c1-11(2)16-8-7-15(12(16)17)10-13(9-14)5-3-4-6-13/h7-8,11H,3-6,9-10H2,1-2H3. The van der Waals surface area contributed by atoms with Crippen molar-refractivity contribution in [2.24, 2.45) is 5.41 Å². The molecule has 0 aliphatic heterocycles. The molecule has 96 valence electrons. The maximum absolute atomic E-state index is 12.2. The average molecular weight is 301 g/mol. The van der Waals surface area contributed by atoms with Crippen molar-refractivity contribution >= 4 is 15.9 Å². The number of rotatable bonds is 4. The number of halogens is 1. The van der Waals surface area contributed by atoms with Crippen LogP contribution >= 0.6 is 15.9 Å². The summed E-state index contributed by atoms with van der Waals surface area (Å²) in [6.07, 6.45) is 8.90. The minimum Gasteiger partial charge on any atom is -0.299 e. The van der Waals surface area contributed by atoms with Gasteiger partial charge in [0, 0.05) is 30.3 Å². The molecule has 0 amide bonds. The lowest BCUT2D eigenvalue weighted by atomic mass is 9.89. The van der Waals surface area contributed by atoms with E-state index in [1.165, 1.54) is 25.7 Å². The van der Waals surface area contributed by atoms with Gasteiger partial charge in [0.15, 0.2) is 0 Å². The molecule has 2 rings (SSSR count). The van der Waals surface area contributed by atoms with E-state index >= 15 is 0 Å². The number of nitrogens with zero attached hydrogens (tertiary/aromatic N) is 2. The summed E-state index contributed by atoms with van der Waals surface area (Å²) in [4.78, 5) is 12.2. The Labute approximate surface area is 111 Å². The van der Waals surface area contributed by atoms with Gasteiger partial charge in [0.2, 0.25) is 0 Å². The molecule has 0 aromatic carbocycles. The summed E-state index contributed by atoms with van der Waals surface area (Å²) in [5.41, 5.74) is 0.430. The summed E-state index contributed by atoms with van der Waals surface area (Å²) in [7, 11) is 0. The Bertz CT molecular complexity index is 427. The van der Waals surface area contributed by atoms with Crippen LogP contribution in [0.2, 0.25) is 0 Å². The molecule has 1 aliphatic carbocycles. The first-order chi connectivity index (χ1) is 8.08. The van der Waals surface area contributed by atoms with Crippen molar-refractivity contribution in [2.75, 3.05) is 5.33 Å². The van der Waals surface area contributed by atoms with Gasteiger partial charge >= 0.3 is 5.69 Å². The van der Waals surface area contributed by atoms with Crippen molar-refractivity contribution < 1.29 is 0 Å². The van der Waals surface area contributed by atoms with Crippen LogP contribution in [0, 0.1) is 5.41 Å². The molecule has 0 N–H and O–H groups in total. The van der Waals surface area contributed by atoms with Gasteiger partial charge in [-0.3, -0.25) is 9.13 Å². The van der Waals surface area contributed by atoms with Gasteiger partial charge in [-0.05, 0) is 32.1 Å². The van der Waals surface area contributed by atoms with E-state index in [-0.39, 0.29) is 11.7 Å². The van der Waals surface area contributed by atoms with E-state index in [9.17, 15) is 4.79 Å². The minimum absolute atomic E-state index is 0.132. The second kappa shape index (κ2) is 5.01. The molecule has 1 aromatic heterocycles. The first-order valence-corrected chi connectivity index (χ1v) is 7.53. The van der Waals surface area contributed by atoms with Crippen molar-refractivity contribution in [3.63, 3.8) is 0 Å². The fourth-order valence-corrected chi connectivity index (χ4v) is 3.50. The van der Waals surface area contributed by atoms with Crippen LogP contribution in [-0.4, -0.2) is 14.5 Å². The highest BCUT2D eigenvalue weighted by atomic mass is 79.9. The number of hydrogen-bond acceptors (Lipinski definition) is 1. The fraction of sp³-hybridized carbons (Fsp3) is 0.769. The highest BCUT2D eigenvalue weighted by Crippen LogP contribution is 2.40. The van der Waals surface area contributed by atoms with E-state index in [1.54, 1.807) is 4.57 Å². The topological polar surface area (TPSA) is 26.9 Å². The second-order valence-corrected chi connectivity index (χ2v) is 6.11. The Kier molecular flexibility index (Phi) is 3.81. The monoisotopic (exact) mass is 300 g/mol. The molecule has 1 saturated carbocycles. The van der Waals surface area contributed by atoms with Gasteiger partial charge in [-0.25, -0.2) is 4.79 Å². The van der Waals surface area contributed by atoms with E-state index in [1.807, 2.05) is 30.8 Å². The second-order valence-electron chi connectivity index (χ2n) is 5.55. The lowest BCUT2D eigenvalue weighted by molar-refractivity contribution is 0.286. The smallest absolute Gasteiger partial charge is 0.299 e. The first kappa shape index (κ1) is 12.9. The van der Waals surface area contributed by atoms with Crippen LogP contribution in [0.5, 0.6) is 0 Å². The highest BCUT2D eigenvalue weighted by molar-refractivity contribution is 9.09. The van der Waals surface area contributed by atoms with Crippen molar-refractivity contribution in [2.45, 2.75) is 52.1 Å². The summed E-state index contributed by atoms with van der Waals surface area (Å²) in [5.74, 6) is 0. The van der Waals surface area contributed by atoms with Crippen LogP contribution in [0.15, 0.2) is 17.2 Å². The van der Waals surface area contributed by atoms with Crippen LogP contribution in [0.25, 0.3) is 0 Å². The largest absolute Gasteiger partial charge is 0.328 e. The number of imidazole rings is 1. The molecule has 1 fully saturated rings. The van der Waals surface area contributed by atoms with Crippen LogP contribution in [0.4, 0.5) is 0 Å². The van der Waals surface area contributed by atoms with E-state index in [4.69, 9.17) is 0 Å². The van der Waals surface area contributed by atoms with E-state index in [0.29, 0.717) is 5.41 Å². The molecule has 4 heteroatoms. The Morgan fingerprint density at radius 1 is 1.35 bits per heavy atom. The van der Waals surface area contributed by atoms with Gasteiger partial charge in [0.05, 0.1) is 0 Å². The van der Waals surface area contributed by atoms with Crippen molar-refractivity contribution in [3.05, 3.63) is 22.9 Å². The third-order valence-electron chi connectivity index (χ3n) is 3.88. The summed E-state index contributed by atoms with van der Waals surface area (Å²) in [6.45, 7) is 4.94. The highest BCUT2D eigenvalue weighted by Gasteiger charge is 2.33. The molecule has 3 nitrogen and oxygen atoms in total. The van der Waals surface area contributed by atoms with Crippen LogP contribution < -0.4 is 5.69 Å². The summed E-state index contributed by atoms with van der Waals surface area (Å²) >= 11 is 3.63. The molecule has 1 aliphatic rings. The number of hydrogen-bond donors (Lipinski definition) is 0. The molecule has 0 saturated heterocycles. The number of alkyl halides is 1. The third kappa shape index (κ3) is 2.51. The van der Waals surface area contributed by atoms with Crippen LogP contribution in [-0.2, 0) is 6.54 Å². The van der Waals surface area contributed by atoms with Gasteiger partial charge in [-0.15, -0.1) is 0 Å². The zero-order chi connectivity index (χ0) is 12.5. The van der Waals surface area contributed by atoms with Gasteiger partial charge < -0.3 is 0 Å². The maximum atomic E-state index is 12.2. The van der Waals surface area contributed by atoms with Crippen molar-refractivity contribution in [1.82, 2.24) is 9.13 Å². The van der Waals surface area contributed by atoms with Crippen molar-refractivity contribution in [3.8, 4) is 0 Å². The van der Waals surface area contributed by atoms with Crippen LogP contribution in [0.1, 0.15) is 45.6 Å². The molecule has 1 heterocycles. The minimum atomic E-state index is 0.132. The lowest BCUT2D eigenvalue weighted by Crippen LogP contribution is -2.33. The molecule has 1 aromatic rings. The lowest BCUT2D eigenvalue weighted by Gasteiger charge is -2.26. The predicted molar refractivity (Wildman–Crippen MR) is 73.8 cm³/mol. The van der Waals surface area contributed by atoms with E-state index in [0.717, 1.165) is 11.9 Å². The zero-order valence-electron chi connectivity index (χ0n) is 10.7. The summed E-state index contributed by atoms with van der Waals surface area (Å²) in [6, 6.07) is 0.243. The zero-order valence-corrected chi connectivity index (χ0v) is 12.2. The normalized spacial score (nSPS) is 19.1. The summed E-state index contributed by atoms with van der Waals surface area (Å²) < 4.78 is 3.68. The molecule has 0 radical (unpaired) electrons. The fourth-order valence-electron chi connectivity index (χ4n) is 2.76. The molecule has 0 unspecified atom stereocenters. The van der Waals surface area contributed by atoms with Crippen molar-refractivity contribution in [1.29, 1.82) is 0 Å². The Morgan fingerprint density at radius 3 is 2.47 bits per heavy atom. The molecule has 0 atom stereocenters.